The summed E-state index contributed by atoms with van der Waals surface area (Å²) in [6, 6.07) is 19.3. The third-order valence-corrected chi connectivity index (χ3v) is 5.16. The van der Waals surface area contributed by atoms with E-state index in [9.17, 15) is 9.59 Å². The zero-order valence-electron chi connectivity index (χ0n) is 16.2. The summed E-state index contributed by atoms with van der Waals surface area (Å²) in [6.45, 7) is 0. The summed E-state index contributed by atoms with van der Waals surface area (Å²) in [5.41, 5.74) is 1.43. The average molecular weight is 434 g/mol. The molecule has 9 nitrogen and oxygen atoms in total. The fraction of sp³-hybridized carbons (Fsp3) is 0.0476. The third kappa shape index (κ3) is 4.75. The van der Waals surface area contributed by atoms with Crippen LogP contribution < -0.4 is 16.5 Å². The van der Waals surface area contributed by atoms with Gasteiger partial charge in [-0.2, -0.15) is 0 Å². The quantitative estimate of drug-likeness (QED) is 0.301. The van der Waals surface area contributed by atoms with Crippen LogP contribution in [0.15, 0.2) is 82.6 Å². The molecule has 156 valence electrons. The Morgan fingerprint density at radius 2 is 1.74 bits per heavy atom. The molecule has 2 aromatic heterocycles. The van der Waals surface area contributed by atoms with Crippen molar-refractivity contribution in [2.24, 2.45) is 0 Å². The number of anilines is 2. The molecule has 2 amide bonds. The Labute approximate surface area is 181 Å². The van der Waals surface area contributed by atoms with E-state index in [1.165, 1.54) is 10.9 Å². The highest BCUT2D eigenvalue weighted by atomic mass is 32.2. The summed E-state index contributed by atoms with van der Waals surface area (Å²) < 4.78 is 6.53. The van der Waals surface area contributed by atoms with E-state index in [0.717, 1.165) is 11.8 Å². The van der Waals surface area contributed by atoms with Crippen LogP contribution in [-0.4, -0.2) is 32.4 Å². The topological polar surface area (TPSA) is 128 Å². The van der Waals surface area contributed by atoms with Crippen molar-refractivity contribution in [2.45, 2.75) is 5.16 Å². The number of benzene rings is 2. The molecule has 0 aliphatic carbocycles. The van der Waals surface area contributed by atoms with E-state index in [1.54, 1.807) is 48.5 Å². The summed E-state index contributed by atoms with van der Waals surface area (Å²) in [4.78, 5) is 25.1. The summed E-state index contributed by atoms with van der Waals surface area (Å²) >= 11 is 1.12. The molecule has 0 radical (unpaired) electrons. The van der Waals surface area contributed by atoms with E-state index in [0.29, 0.717) is 33.7 Å². The normalized spacial score (nSPS) is 10.6. The van der Waals surface area contributed by atoms with Crippen molar-refractivity contribution in [1.82, 2.24) is 14.9 Å². The number of carbonyl (C=O) groups is 2. The number of furan rings is 1. The number of rotatable bonds is 7. The predicted octanol–water partition coefficient (Wildman–Crippen LogP) is 3.24. The molecule has 4 N–H and O–H groups in total. The second-order valence-corrected chi connectivity index (χ2v) is 7.30. The van der Waals surface area contributed by atoms with E-state index >= 15 is 0 Å². The molecular weight excluding hydrogens is 416 g/mol. The number of hydrogen-bond donors (Lipinski definition) is 3. The molecule has 0 aliphatic heterocycles. The smallest absolute Gasteiger partial charge is 0.257 e. The van der Waals surface area contributed by atoms with Gasteiger partial charge in [0, 0.05) is 5.69 Å². The van der Waals surface area contributed by atoms with Gasteiger partial charge in [0.1, 0.15) is 0 Å². The average Bonchev–Trinajstić information content (AvgIpc) is 3.43. The van der Waals surface area contributed by atoms with Gasteiger partial charge in [0.15, 0.2) is 5.76 Å². The highest BCUT2D eigenvalue weighted by Gasteiger charge is 2.17. The van der Waals surface area contributed by atoms with E-state index in [-0.39, 0.29) is 17.6 Å². The lowest BCUT2D eigenvalue weighted by molar-refractivity contribution is -0.113. The maximum atomic E-state index is 12.6. The minimum absolute atomic E-state index is 0.0299. The second-order valence-electron chi connectivity index (χ2n) is 6.36. The van der Waals surface area contributed by atoms with Crippen molar-refractivity contribution in [3.8, 4) is 11.6 Å². The zero-order chi connectivity index (χ0) is 21.6. The Morgan fingerprint density at radius 3 is 2.52 bits per heavy atom. The van der Waals surface area contributed by atoms with Crippen molar-refractivity contribution in [3.05, 3.63) is 78.6 Å². The fourth-order valence-corrected chi connectivity index (χ4v) is 3.43. The van der Waals surface area contributed by atoms with E-state index < -0.39 is 0 Å². The van der Waals surface area contributed by atoms with E-state index in [1.807, 2.05) is 18.2 Å². The standard InChI is InChI=1S/C21H18N6O3S/c22-27-19(17-11-6-12-30-17)25-26-21(27)31-13-18(28)24-16-10-5-4-9-15(16)20(29)23-14-7-2-1-3-8-14/h1-12H,13,22H2,(H,23,29)(H,24,28). The SMILES string of the molecule is Nn1c(SCC(=O)Nc2ccccc2C(=O)Nc2ccccc2)nnc1-c1ccco1. The van der Waals surface area contributed by atoms with Gasteiger partial charge >= 0.3 is 0 Å². The molecule has 4 rings (SSSR count). The Bertz CT molecular complexity index is 1190. The van der Waals surface area contributed by atoms with Crippen LogP contribution in [0.25, 0.3) is 11.6 Å². The van der Waals surface area contributed by atoms with E-state index in [4.69, 9.17) is 10.3 Å². The van der Waals surface area contributed by atoms with Gasteiger partial charge in [-0.25, -0.2) is 4.68 Å². The lowest BCUT2D eigenvalue weighted by Crippen LogP contribution is -2.20. The van der Waals surface area contributed by atoms with Gasteiger partial charge in [-0.15, -0.1) is 10.2 Å². The summed E-state index contributed by atoms with van der Waals surface area (Å²) in [6.07, 6.45) is 1.51. The fourth-order valence-electron chi connectivity index (χ4n) is 2.78. The summed E-state index contributed by atoms with van der Waals surface area (Å²) in [5.74, 6) is 6.23. The minimum atomic E-state index is -0.320. The monoisotopic (exact) mass is 434 g/mol. The Balaban J connectivity index is 1.40. The molecule has 2 heterocycles. The van der Waals surface area contributed by atoms with Crippen LogP contribution in [0.3, 0.4) is 0 Å². The number of nitrogen functional groups attached to an aromatic ring is 1. The van der Waals surface area contributed by atoms with Crippen LogP contribution in [0.4, 0.5) is 11.4 Å². The first kappa shape index (κ1) is 20.2. The van der Waals surface area contributed by atoms with Crippen LogP contribution in [0, 0.1) is 0 Å². The molecular formula is C21H18N6O3S. The molecule has 31 heavy (non-hydrogen) atoms. The number of hydrogen-bond acceptors (Lipinski definition) is 7. The Morgan fingerprint density at radius 1 is 0.968 bits per heavy atom. The van der Waals surface area contributed by atoms with Gasteiger partial charge in [0.25, 0.3) is 5.91 Å². The van der Waals surface area contributed by atoms with Crippen molar-refractivity contribution in [3.63, 3.8) is 0 Å². The number of carbonyl (C=O) groups excluding carboxylic acids is 2. The molecule has 0 aliphatic rings. The highest BCUT2D eigenvalue weighted by molar-refractivity contribution is 7.99. The van der Waals surface area contributed by atoms with E-state index in [2.05, 4.69) is 20.8 Å². The molecule has 0 spiro atoms. The Kier molecular flexibility index (Phi) is 5.99. The van der Waals surface area contributed by atoms with Crippen molar-refractivity contribution < 1.29 is 14.0 Å². The number of nitrogens with zero attached hydrogens (tertiary/aromatic N) is 3. The van der Waals surface area contributed by atoms with Crippen LogP contribution in [0.2, 0.25) is 0 Å². The molecule has 0 saturated carbocycles. The van der Waals surface area contributed by atoms with Gasteiger partial charge in [-0.05, 0) is 36.4 Å². The van der Waals surface area contributed by atoms with Crippen molar-refractivity contribution in [2.75, 3.05) is 22.2 Å². The van der Waals surface area contributed by atoms with Gasteiger partial charge in [-0.1, -0.05) is 42.1 Å². The van der Waals surface area contributed by atoms with Gasteiger partial charge in [-0.3, -0.25) is 9.59 Å². The maximum absolute atomic E-state index is 12.6. The van der Waals surface area contributed by atoms with Gasteiger partial charge < -0.3 is 20.9 Å². The maximum Gasteiger partial charge on any atom is 0.257 e. The molecule has 4 aromatic rings. The molecule has 0 atom stereocenters. The number of amides is 2. The summed E-state index contributed by atoms with van der Waals surface area (Å²) in [5, 5.41) is 13.9. The summed E-state index contributed by atoms with van der Waals surface area (Å²) in [7, 11) is 0. The number of nitrogens with one attached hydrogen (secondary N) is 2. The first-order chi connectivity index (χ1) is 15.1. The van der Waals surface area contributed by atoms with Crippen molar-refractivity contribution >= 4 is 35.0 Å². The van der Waals surface area contributed by atoms with Crippen molar-refractivity contribution in [1.29, 1.82) is 0 Å². The second kappa shape index (κ2) is 9.18. The molecule has 10 heteroatoms. The number of aromatic nitrogens is 3. The van der Waals surface area contributed by atoms with Crippen LogP contribution >= 0.6 is 11.8 Å². The molecule has 0 bridgehead atoms. The molecule has 0 saturated heterocycles. The predicted molar refractivity (Wildman–Crippen MR) is 118 cm³/mol. The number of para-hydroxylation sites is 2. The highest BCUT2D eigenvalue weighted by Crippen LogP contribution is 2.23. The van der Waals surface area contributed by atoms with Crippen LogP contribution in [0.5, 0.6) is 0 Å². The Hall–Kier alpha value is -4.05. The lowest BCUT2D eigenvalue weighted by atomic mass is 10.1. The molecule has 0 fully saturated rings. The lowest BCUT2D eigenvalue weighted by Gasteiger charge is -2.11. The molecule has 2 aromatic carbocycles. The van der Waals surface area contributed by atoms with Crippen LogP contribution in [-0.2, 0) is 4.79 Å². The largest absolute Gasteiger partial charge is 0.461 e. The third-order valence-electron chi connectivity index (χ3n) is 4.22. The minimum Gasteiger partial charge on any atom is -0.461 e. The van der Waals surface area contributed by atoms with Gasteiger partial charge in [0.05, 0.1) is 23.3 Å². The first-order valence-electron chi connectivity index (χ1n) is 9.24. The van der Waals surface area contributed by atoms with Gasteiger partial charge in [0.2, 0.25) is 16.9 Å². The first-order valence-corrected chi connectivity index (χ1v) is 10.2. The number of thioether (sulfide) groups is 1. The molecule has 0 unspecified atom stereocenters. The number of nitrogens with two attached hydrogens (primary N) is 1. The van der Waals surface area contributed by atoms with Crippen LogP contribution in [0.1, 0.15) is 10.4 Å². The zero-order valence-corrected chi connectivity index (χ0v) is 17.0.